The van der Waals surface area contributed by atoms with Crippen LogP contribution in [0.2, 0.25) is 0 Å². The minimum atomic E-state index is -0.659. The first-order chi connectivity index (χ1) is 17.9. The van der Waals surface area contributed by atoms with E-state index in [1.165, 1.54) is 0 Å². The van der Waals surface area contributed by atoms with Gasteiger partial charge in [-0.3, -0.25) is 14.5 Å². The van der Waals surface area contributed by atoms with Crippen LogP contribution < -0.4 is 15.5 Å². The van der Waals surface area contributed by atoms with E-state index in [0.29, 0.717) is 12.8 Å². The van der Waals surface area contributed by atoms with Crippen molar-refractivity contribution in [2.45, 2.75) is 38.1 Å². The highest BCUT2D eigenvalue weighted by molar-refractivity contribution is 6.07. The molecule has 200 valence electrons. The number of rotatable bonds is 9. The molecule has 37 heavy (non-hydrogen) atoms. The van der Waals surface area contributed by atoms with Gasteiger partial charge in [-0.15, -0.1) is 0 Å². The van der Waals surface area contributed by atoms with E-state index in [9.17, 15) is 9.59 Å². The molecule has 7 nitrogen and oxygen atoms in total. The van der Waals surface area contributed by atoms with E-state index in [4.69, 9.17) is 0 Å². The lowest BCUT2D eigenvalue weighted by Crippen LogP contribution is -2.53. The van der Waals surface area contributed by atoms with Crippen LogP contribution in [-0.4, -0.2) is 93.5 Å². The van der Waals surface area contributed by atoms with E-state index >= 15 is 0 Å². The maximum absolute atomic E-state index is 14.3. The minimum Gasteiger partial charge on any atom is -0.368 e. The smallest absolute Gasteiger partial charge is 0.229 e. The second-order valence-electron chi connectivity index (χ2n) is 10.6. The van der Waals surface area contributed by atoms with Crippen LogP contribution in [-0.2, 0) is 11.2 Å². The number of benzene rings is 2. The van der Waals surface area contributed by atoms with Gasteiger partial charge in [-0.05, 0) is 57.1 Å². The molecule has 2 aliphatic rings. The summed E-state index contributed by atoms with van der Waals surface area (Å²) in [7, 11) is 4.02. The molecule has 7 heteroatoms. The van der Waals surface area contributed by atoms with Gasteiger partial charge in [0.1, 0.15) is 0 Å². The van der Waals surface area contributed by atoms with Crippen molar-refractivity contribution < 1.29 is 9.59 Å². The van der Waals surface area contributed by atoms with Gasteiger partial charge in [-0.2, -0.15) is 0 Å². The molecule has 4 rings (SSSR count). The van der Waals surface area contributed by atoms with Gasteiger partial charge < -0.3 is 20.4 Å². The Hall–Kier alpha value is -2.74. The van der Waals surface area contributed by atoms with Crippen molar-refractivity contribution in [1.29, 1.82) is 0 Å². The maximum Gasteiger partial charge on any atom is 0.229 e. The number of anilines is 1. The molecule has 2 aromatic rings. The zero-order valence-corrected chi connectivity index (χ0v) is 22.9. The SMILES string of the molecule is CCC(Cc1ccc(C(C)C(=O)N2CCNCC2)cc1)(C(=O)c1ccccc1N1CCNCC1)N(C)C. The summed E-state index contributed by atoms with van der Waals surface area (Å²) in [5.41, 5.74) is 3.30. The average Bonchev–Trinajstić information content (AvgIpc) is 2.96. The van der Waals surface area contributed by atoms with Crippen LogP contribution in [0, 0.1) is 0 Å². The van der Waals surface area contributed by atoms with E-state index in [1.807, 2.05) is 44.1 Å². The third-order valence-corrected chi connectivity index (χ3v) is 8.25. The number of hydrogen-bond acceptors (Lipinski definition) is 6. The summed E-state index contributed by atoms with van der Waals surface area (Å²) in [6, 6.07) is 16.4. The maximum atomic E-state index is 14.3. The largest absolute Gasteiger partial charge is 0.368 e. The fourth-order valence-electron chi connectivity index (χ4n) is 5.70. The molecule has 1 amide bonds. The van der Waals surface area contributed by atoms with Crippen molar-refractivity contribution in [3.63, 3.8) is 0 Å². The second kappa shape index (κ2) is 12.2. The molecule has 0 bridgehead atoms. The molecule has 2 atom stereocenters. The van der Waals surface area contributed by atoms with Crippen LogP contribution >= 0.6 is 0 Å². The average molecular weight is 506 g/mol. The summed E-state index contributed by atoms with van der Waals surface area (Å²) >= 11 is 0. The Labute approximate surface area is 222 Å². The molecule has 2 saturated heterocycles. The molecular formula is C30H43N5O2. The Bertz CT molecular complexity index is 1060. The summed E-state index contributed by atoms with van der Waals surface area (Å²) in [6.45, 7) is 11.0. The molecule has 0 radical (unpaired) electrons. The number of carbonyl (C=O) groups excluding carboxylic acids is 2. The lowest BCUT2D eigenvalue weighted by molar-refractivity contribution is -0.133. The van der Waals surface area contributed by atoms with Gasteiger partial charge in [0, 0.05) is 63.6 Å². The van der Waals surface area contributed by atoms with E-state index in [-0.39, 0.29) is 17.6 Å². The predicted octanol–water partition coefficient (Wildman–Crippen LogP) is 2.77. The van der Waals surface area contributed by atoms with Gasteiger partial charge in [0.15, 0.2) is 5.78 Å². The van der Waals surface area contributed by atoms with Crippen molar-refractivity contribution in [3.05, 3.63) is 65.2 Å². The minimum absolute atomic E-state index is 0.167. The van der Waals surface area contributed by atoms with Crippen molar-refractivity contribution in [3.8, 4) is 0 Å². The number of nitrogens with one attached hydrogen (secondary N) is 2. The first kappa shape index (κ1) is 27.3. The normalized spacial score (nSPS) is 18.9. The van der Waals surface area contributed by atoms with Crippen LogP contribution in [0.4, 0.5) is 5.69 Å². The Morgan fingerprint density at radius 1 is 0.919 bits per heavy atom. The van der Waals surface area contributed by atoms with Crippen molar-refractivity contribution in [1.82, 2.24) is 20.4 Å². The van der Waals surface area contributed by atoms with Crippen LogP contribution in [0.5, 0.6) is 0 Å². The first-order valence-electron chi connectivity index (χ1n) is 13.7. The lowest BCUT2D eigenvalue weighted by Gasteiger charge is -2.39. The third-order valence-electron chi connectivity index (χ3n) is 8.25. The van der Waals surface area contributed by atoms with Crippen LogP contribution in [0.1, 0.15) is 47.7 Å². The van der Waals surface area contributed by atoms with Crippen molar-refractivity contribution in [2.75, 3.05) is 71.4 Å². The monoisotopic (exact) mass is 505 g/mol. The Kier molecular flexibility index (Phi) is 9.00. The molecule has 2 N–H and O–H groups in total. The fraction of sp³-hybridized carbons (Fsp3) is 0.533. The third kappa shape index (κ3) is 5.89. The van der Waals surface area contributed by atoms with E-state index < -0.39 is 5.54 Å². The van der Waals surface area contributed by atoms with Crippen LogP contribution in [0.15, 0.2) is 48.5 Å². The summed E-state index contributed by atoms with van der Waals surface area (Å²) in [5, 5.41) is 6.71. The molecule has 0 spiro atoms. The summed E-state index contributed by atoms with van der Waals surface area (Å²) in [6.07, 6.45) is 1.32. The van der Waals surface area contributed by atoms with Gasteiger partial charge in [-0.25, -0.2) is 0 Å². The number of likely N-dealkylation sites (N-methyl/N-ethyl adjacent to an activating group) is 1. The summed E-state index contributed by atoms with van der Waals surface area (Å²) in [4.78, 5) is 33.7. The highest BCUT2D eigenvalue weighted by Crippen LogP contribution is 2.32. The van der Waals surface area contributed by atoms with Crippen molar-refractivity contribution in [2.24, 2.45) is 0 Å². The highest BCUT2D eigenvalue weighted by Gasteiger charge is 2.41. The van der Waals surface area contributed by atoms with E-state index in [0.717, 1.165) is 74.7 Å². The molecule has 2 aliphatic heterocycles. The molecule has 0 aromatic heterocycles. The number of carbonyl (C=O) groups is 2. The second-order valence-corrected chi connectivity index (χ2v) is 10.6. The summed E-state index contributed by atoms with van der Waals surface area (Å²) < 4.78 is 0. The number of amides is 1. The number of hydrogen-bond donors (Lipinski definition) is 2. The van der Waals surface area contributed by atoms with Gasteiger partial charge in [0.2, 0.25) is 5.91 Å². The number of para-hydroxylation sites is 1. The number of nitrogens with zero attached hydrogens (tertiary/aromatic N) is 3. The molecule has 2 heterocycles. The van der Waals surface area contributed by atoms with Gasteiger partial charge in [0.05, 0.1) is 11.5 Å². The highest BCUT2D eigenvalue weighted by atomic mass is 16.2. The molecule has 0 saturated carbocycles. The standard InChI is InChI=1S/C30H43N5O2/c1-5-30(33(3)4,28(36)26-8-6-7-9-27(26)34-18-14-31-15-19-34)22-24-10-12-25(13-11-24)23(2)29(37)35-20-16-32-17-21-35/h6-13,23,31-32H,5,14-22H2,1-4H3. The topological polar surface area (TPSA) is 67.9 Å². The Morgan fingerprint density at radius 2 is 1.51 bits per heavy atom. The number of Topliss-reactive ketones (excluding diaryl/α,β-unsaturated/α-hetero) is 1. The number of ketones is 1. The van der Waals surface area contributed by atoms with Gasteiger partial charge in [-0.1, -0.05) is 43.3 Å². The molecule has 0 aliphatic carbocycles. The zero-order chi connectivity index (χ0) is 26.4. The molecule has 2 unspecified atom stereocenters. The molecule has 2 aromatic carbocycles. The van der Waals surface area contributed by atoms with Crippen LogP contribution in [0.3, 0.4) is 0 Å². The van der Waals surface area contributed by atoms with Crippen LogP contribution in [0.25, 0.3) is 0 Å². The predicted molar refractivity (Wildman–Crippen MR) is 151 cm³/mol. The number of piperazine rings is 2. The Balaban J connectivity index is 1.56. The Morgan fingerprint density at radius 3 is 2.11 bits per heavy atom. The molecular weight excluding hydrogens is 462 g/mol. The van der Waals surface area contributed by atoms with Gasteiger partial charge >= 0.3 is 0 Å². The van der Waals surface area contributed by atoms with Gasteiger partial charge in [0.25, 0.3) is 0 Å². The molecule has 2 fully saturated rings. The first-order valence-corrected chi connectivity index (χ1v) is 13.7. The lowest BCUT2D eigenvalue weighted by atomic mass is 9.79. The van der Waals surface area contributed by atoms with E-state index in [2.05, 4.69) is 57.7 Å². The quantitative estimate of drug-likeness (QED) is 0.511. The van der Waals surface area contributed by atoms with E-state index in [1.54, 1.807) is 0 Å². The zero-order valence-electron chi connectivity index (χ0n) is 22.9. The van der Waals surface area contributed by atoms with Crippen molar-refractivity contribution >= 4 is 17.4 Å². The summed E-state index contributed by atoms with van der Waals surface area (Å²) in [5.74, 6) is 0.176. The fourth-order valence-corrected chi connectivity index (χ4v) is 5.70.